The normalized spacial score (nSPS) is 17.5. The fraction of sp³-hybridized carbons (Fsp3) is 0.500. The van der Waals surface area contributed by atoms with Crippen molar-refractivity contribution in [2.24, 2.45) is 0 Å². The first-order chi connectivity index (χ1) is 9.89. The van der Waals surface area contributed by atoms with Crippen LogP contribution in [0.1, 0.15) is 44.6 Å². The molecule has 1 aromatic carbocycles. The summed E-state index contributed by atoms with van der Waals surface area (Å²) in [5.41, 5.74) is 0.359. The predicted molar refractivity (Wildman–Crippen MR) is 78.4 cm³/mol. The van der Waals surface area contributed by atoms with Crippen molar-refractivity contribution >= 4 is 11.9 Å². The van der Waals surface area contributed by atoms with Gasteiger partial charge in [-0.25, -0.2) is 0 Å². The number of aliphatic carboxylic acids is 1. The largest absolute Gasteiger partial charge is 0.493 e. The second kappa shape index (κ2) is 6.16. The molecule has 5 nitrogen and oxygen atoms in total. The van der Waals surface area contributed by atoms with E-state index in [4.69, 9.17) is 9.84 Å². The van der Waals surface area contributed by atoms with Crippen LogP contribution in [0.25, 0.3) is 0 Å². The summed E-state index contributed by atoms with van der Waals surface area (Å²) in [5, 5.41) is 11.7. The van der Waals surface area contributed by atoms with Crippen molar-refractivity contribution in [3.05, 3.63) is 29.8 Å². The van der Waals surface area contributed by atoms with Gasteiger partial charge in [0, 0.05) is 17.5 Å². The van der Waals surface area contributed by atoms with E-state index in [1.807, 2.05) is 38.1 Å². The number of fused-ring (bicyclic) bond motifs is 1. The monoisotopic (exact) mass is 291 g/mol. The molecule has 2 rings (SSSR count). The summed E-state index contributed by atoms with van der Waals surface area (Å²) in [5.74, 6) is -0.402. The molecular formula is C16H21NO4. The number of benzene rings is 1. The van der Waals surface area contributed by atoms with Gasteiger partial charge in [-0.15, -0.1) is 0 Å². The van der Waals surface area contributed by atoms with Crippen molar-refractivity contribution in [1.29, 1.82) is 0 Å². The van der Waals surface area contributed by atoms with Crippen LogP contribution in [-0.2, 0) is 9.59 Å². The van der Waals surface area contributed by atoms with Gasteiger partial charge in [0.15, 0.2) is 0 Å². The van der Waals surface area contributed by atoms with E-state index >= 15 is 0 Å². The zero-order valence-corrected chi connectivity index (χ0v) is 12.4. The molecule has 1 amide bonds. The van der Waals surface area contributed by atoms with Crippen LogP contribution in [0.5, 0.6) is 5.75 Å². The van der Waals surface area contributed by atoms with E-state index in [1.165, 1.54) is 0 Å². The first-order valence-electron chi connectivity index (χ1n) is 7.14. The second-order valence-electron chi connectivity index (χ2n) is 5.99. The van der Waals surface area contributed by atoms with Crippen LogP contribution < -0.4 is 10.1 Å². The number of nitrogens with one attached hydrogen (secondary N) is 1. The van der Waals surface area contributed by atoms with Gasteiger partial charge in [-0.1, -0.05) is 18.2 Å². The highest BCUT2D eigenvalue weighted by molar-refractivity contribution is 5.85. The smallest absolute Gasteiger partial charge is 0.303 e. The third kappa shape index (κ3) is 3.97. The molecule has 0 bridgehead atoms. The number of rotatable bonds is 5. The Morgan fingerprint density at radius 3 is 2.81 bits per heavy atom. The number of amides is 1. The standard InChI is InChI=1S/C16H21NO4/c1-16(2,9-7-14(18)19)17-15(20)12-8-10-21-13-6-4-3-5-11(12)13/h3-6,12H,7-10H2,1-2H3,(H,17,20)(H,18,19). The van der Waals surface area contributed by atoms with Crippen LogP contribution in [0.15, 0.2) is 24.3 Å². The second-order valence-corrected chi connectivity index (χ2v) is 5.99. The number of para-hydroxylation sites is 1. The lowest BCUT2D eigenvalue weighted by molar-refractivity contribution is -0.138. The molecule has 114 valence electrons. The lowest BCUT2D eigenvalue weighted by atomic mass is 9.90. The van der Waals surface area contributed by atoms with Crippen LogP contribution in [0.3, 0.4) is 0 Å². The average molecular weight is 291 g/mol. The van der Waals surface area contributed by atoms with E-state index in [0.29, 0.717) is 19.4 Å². The fourth-order valence-corrected chi connectivity index (χ4v) is 2.52. The highest BCUT2D eigenvalue weighted by Gasteiger charge is 2.31. The lowest BCUT2D eigenvalue weighted by Gasteiger charge is -2.31. The number of carboxylic acids is 1. The molecular weight excluding hydrogens is 270 g/mol. The zero-order valence-electron chi connectivity index (χ0n) is 12.4. The zero-order chi connectivity index (χ0) is 15.5. The van der Waals surface area contributed by atoms with Crippen molar-refractivity contribution in [2.45, 2.75) is 44.6 Å². The first-order valence-corrected chi connectivity index (χ1v) is 7.14. The highest BCUT2D eigenvalue weighted by Crippen LogP contribution is 2.33. The third-order valence-electron chi connectivity index (χ3n) is 3.70. The minimum absolute atomic E-state index is 0.0393. The number of ether oxygens (including phenoxy) is 1. The van der Waals surface area contributed by atoms with Gasteiger partial charge in [0.25, 0.3) is 0 Å². The van der Waals surface area contributed by atoms with E-state index in [1.54, 1.807) is 0 Å². The van der Waals surface area contributed by atoms with E-state index in [2.05, 4.69) is 5.32 Å². The Morgan fingerprint density at radius 2 is 2.10 bits per heavy atom. The number of carboxylic acid groups (broad SMARTS) is 1. The summed E-state index contributed by atoms with van der Waals surface area (Å²) in [6.07, 6.45) is 1.08. The lowest BCUT2D eigenvalue weighted by Crippen LogP contribution is -2.46. The molecule has 1 aliphatic rings. The summed E-state index contributed by atoms with van der Waals surface area (Å²) in [4.78, 5) is 23.2. The number of hydrogen-bond acceptors (Lipinski definition) is 3. The molecule has 0 aromatic heterocycles. The third-order valence-corrected chi connectivity index (χ3v) is 3.70. The molecule has 0 aliphatic carbocycles. The van der Waals surface area contributed by atoms with Gasteiger partial charge in [0.2, 0.25) is 5.91 Å². The molecule has 0 spiro atoms. The van der Waals surface area contributed by atoms with E-state index in [0.717, 1.165) is 11.3 Å². The molecule has 1 heterocycles. The molecule has 21 heavy (non-hydrogen) atoms. The Balaban J connectivity index is 2.06. The Labute approximate surface area is 124 Å². The van der Waals surface area contributed by atoms with Gasteiger partial charge in [-0.05, 0) is 32.8 Å². The molecule has 1 aromatic rings. The summed E-state index contributed by atoms with van der Waals surface area (Å²) in [6, 6.07) is 7.55. The number of hydrogen-bond donors (Lipinski definition) is 2. The van der Waals surface area contributed by atoms with E-state index in [9.17, 15) is 9.59 Å². The molecule has 1 unspecified atom stereocenters. The minimum atomic E-state index is -0.853. The average Bonchev–Trinajstić information content (AvgIpc) is 2.44. The van der Waals surface area contributed by atoms with Crippen molar-refractivity contribution in [1.82, 2.24) is 5.32 Å². The van der Waals surface area contributed by atoms with Gasteiger partial charge in [-0.2, -0.15) is 0 Å². The molecule has 1 atom stereocenters. The molecule has 0 fully saturated rings. The number of carbonyl (C=O) groups is 2. The summed E-state index contributed by atoms with van der Waals surface area (Å²) in [6.45, 7) is 4.21. The molecule has 5 heteroatoms. The molecule has 0 radical (unpaired) electrons. The van der Waals surface area contributed by atoms with Gasteiger partial charge in [0.1, 0.15) is 5.75 Å². The molecule has 0 saturated heterocycles. The van der Waals surface area contributed by atoms with Crippen LogP contribution in [0, 0.1) is 0 Å². The van der Waals surface area contributed by atoms with Gasteiger partial charge < -0.3 is 15.2 Å². The molecule has 0 saturated carbocycles. The van der Waals surface area contributed by atoms with Gasteiger partial charge in [0.05, 0.1) is 12.5 Å². The SMILES string of the molecule is CC(C)(CCC(=O)O)NC(=O)C1CCOc2ccccc21. The summed E-state index contributed by atoms with van der Waals surface area (Å²) < 4.78 is 5.56. The van der Waals surface area contributed by atoms with Crippen LogP contribution in [-0.4, -0.2) is 29.1 Å². The summed E-state index contributed by atoms with van der Waals surface area (Å²) >= 11 is 0. The Morgan fingerprint density at radius 1 is 1.38 bits per heavy atom. The van der Waals surface area contributed by atoms with Crippen LogP contribution >= 0.6 is 0 Å². The predicted octanol–water partition coefficient (Wildman–Crippen LogP) is 2.31. The van der Waals surface area contributed by atoms with Crippen molar-refractivity contribution < 1.29 is 19.4 Å². The maximum Gasteiger partial charge on any atom is 0.303 e. The van der Waals surface area contributed by atoms with Crippen LogP contribution in [0.2, 0.25) is 0 Å². The summed E-state index contributed by atoms with van der Waals surface area (Å²) in [7, 11) is 0. The maximum atomic E-state index is 12.5. The van der Waals surface area contributed by atoms with E-state index in [-0.39, 0.29) is 18.2 Å². The minimum Gasteiger partial charge on any atom is -0.493 e. The van der Waals surface area contributed by atoms with Crippen LogP contribution in [0.4, 0.5) is 0 Å². The van der Waals surface area contributed by atoms with E-state index < -0.39 is 11.5 Å². The van der Waals surface area contributed by atoms with Gasteiger partial charge >= 0.3 is 5.97 Å². The first kappa shape index (κ1) is 15.4. The topological polar surface area (TPSA) is 75.6 Å². The Bertz CT molecular complexity index is 539. The number of carbonyl (C=O) groups excluding carboxylic acids is 1. The fourth-order valence-electron chi connectivity index (χ4n) is 2.52. The molecule has 2 N–H and O–H groups in total. The Hall–Kier alpha value is -2.04. The quantitative estimate of drug-likeness (QED) is 0.873. The molecule has 1 aliphatic heterocycles. The maximum absolute atomic E-state index is 12.5. The Kier molecular flexibility index (Phi) is 4.50. The van der Waals surface area contributed by atoms with Crippen molar-refractivity contribution in [3.8, 4) is 5.75 Å². The van der Waals surface area contributed by atoms with Crippen molar-refractivity contribution in [2.75, 3.05) is 6.61 Å². The highest BCUT2D eigenvalue weighted by atomic mass is 16.5. The van der Waals surface area contributed by atoms with Crippen molar-refractivity contribution in [3.63, 3.8) is 0 Å². The van der Waals surface area contributed by atoms with Gasteiger partial charge in [-0.3, -0.25) is 9.59 Å².